The summed E-state index contributed by atoms with van der Waals surface area (Å²) in [6.45, 7) is 8.55. The van der Waals surface area contributed by atoms with Crippen LogP contribution in [0.15, 0.2) is 0 Å². The van der Waals surface area contributed by atoms with Gasteiger partial charge >= 0.3 is 33.0 Å². The van der Waals surface area contributed by atoms with E-state index in [0.29, 0.717) is 0 Å². The average Bonchev–Trinajstić information content (AvgIpc) is 2.00. The molecule has 0 aromatic rings. The Morgan fingerprint density at radius 1 is 1.00 bits per heavy atom. The number of hydrogen-bond donors (Lipinski definition) is 1. The summed E-state index contributed by atoms with van der Waals surface area (Å²) in [6, 6.07) is 0. The minimum absolute atomic E-state index is 1.20. The van der Waals surface area contributed by atoms with Gasteiger partial charge in [-0.3, -0.25) is 0 Å². The van der Waals surface area contributed by atoms with Crippen molar-refractivity contribution in [1.29, 1.82) is 0 Å². The Labute approximate surface area is 90.4 Å². The fourth-order valence-corrected chi connectivity index (χ4v) is 1.25. The summed E-state index contributed by atoms with van der Waals surface area (Å²) in [5.74, 6) is 0. The quantitative estimate of drug-likeness (QED) is 0.439. The Morgan fingerprint density at radius 2 is 1.31 bits per heavy atom. The van der Waals surface area contributed by atoms with Gasteiger partial charge in [-0.15, -0.1) is 0 Å². The average molecular weight is 274 g/mol. The number of quaternary nitrogens is 1. The van der Waals surface area contributed by atoms with Gasteiger partial charge in [-0.2, -0.15) is 0 Å². The summed E-state index contributed by atoms with van der Waals surface area (Å²) >= 11 is 0. The molecule has 0 aliphatic carbocycles. The van der Waals surface area contributed by atoms with Gasteiger partial charge in [-0.1, -0.05) is 0 Å². The third-order valence-corrected chi connectivity index (χ3v) is 2.42. The third kappa shape index (κ3) is 13.9. The molecule has 1 aliphatic rings. The van der Waals surface area contributed by atoms with Crippen LogP contribution >= 0.6 is 7.81 Å². The van der Waals surface area contributed by atoms with E-state index in [-0.39, 0.29) is 0 Å². The summed E-state index contributed by atoms with van der Waals surface area (Å²) < 4.78 is 60.5. The van der Waals surface area contributed by atoms with Gasteiger partial charge in [0.25, 0.3) is 0 Å². The SMILES string of the molecule is CC[N+]1(C)CCNCC1.F[P-](F)(F)(F)(F)F. The van der Waals surface area contributed by atoms with Crippen LogP contribution in [-0.4, -0.2) is 44.3 Å². The zero-order valence-electron chi connectivity index (χ0n) is 9.20. The molecule has 0 spiro atoms. The van der Waals surface area contributed by atoms with Crippen molar-refractivity contribution in [3.63, 3.8) is 0 Å². The first-order chi connectivity index (χ1) is 6.72. The molecule has 0 atom stereocenters. The molecule has 0 amide bonds. The molecule has 0 radical (unpaired) electrons. The molecule has 1 aliphatic heterocycles. The fourth-order valence-electron chi connectivity index (χ4n) is 1.25. The third-order valence-electron chi connectivity index (χ3n) is 2.42. The number of halogens is 6. The molecule has 0 unspecified atom stereocenters. The summed E-state index contributed by atoms with van der Waals surface area (Å²) in [5, 5.41) is 3.36. The molecule has 1 saturated heterocycles. The van der Waals surface area contributed by atoms with E-state index in [1.807, 2.05) is 0 Å². The Morgan fingerprint density at radius 3 is 1.50 bits per heavy atom. The van der Waals surface area contributed by atoms with E-state index in [0.717, 1.165) is 0 Å². The Balaban J connectivity index is 0.000000293. The molecule has 0 aromatic carbocycles. The van der Waals surface area contributed by atoms with E-state index in [9.17, 15) is 25.2 Å². The molecular formula is C7H17F6N2P. The Hall–Kier alpha value is -0.0700. The van der Waals surface area contributed by atoms with Crippen molar-refractivity contribution in [2.45, 2.75) is 6.92 Å². The van der Waals surface area contributed by atoms with Gasteiger partial charge in [-0.05, 0) is 6.92 Å². The van der Waals surface area contributed by atoms with E-state index in [1.165, 1.54) is 37.2 Å². The van der Waals surface area contributed by atoms with E-state index < -0.39 is 7.81 Å². The van der Waals surface area contributed by atoms with Gasteiger partial charge in [0.05, 0.1) is 26.7 Å². The monoisotopic (exact) mass is 274 g/mol. The summed E-state index contributed by atoms with van der Waals surface area (Å²) in [4.78, 5) is 0. The van der Waals surface area contributed by atoms with Gasteiger partial charge < -0.3 is 9.80 Å². The van der Waals surface area contributed by atoms with Crippen LogP contribution in [0.3, 0.4) is 0 Å². The summed E-state index contributed by atoms with van der Waals surface area (Å²) in [5.41, 5.74) is 0. The standard InChI is InChI=1S/C7H17N2.F6P/c1-3-9(2)6-4-8-5-7-9;1-7(2,3,4,5)6/h8H,3-7H2,1-2H3;/q+1;-1. The number of rotatable bonds is 1. The minimum atomic E-state index is -10.7. The first kappa shape index (κ1) is 15.9. The van der Waals surface area contributed by atoms with E-state index >= 15 is 0 Å². The zero-order chi connectivity index (χ0) is 13.2. The Kier molecular flexibility index (Phi) is 3.98. The molecule has 1 N–H and O–H groups in total. The predicted molar refractivity (Wildman–Crippen MR) is 52.9 cm³/mol. The topological polar surface area (TPSA) is 12.0 Å². The van der Waals surface area contributed by atoms with Crippen LogP contribution in [0.4, 0.5) is 25.2 Å². The van der Waals surface area contributed by atoms with Crippen molar-refractivity contribution >= 4 is 7.81 Å². The first-order valence-corrected chi connectivity index (χ1v) is 6.85. The molecule has 0 saturated carbocycles. The van der Waals surface area contributed by atoms with Crippen LogP contribution in [0.2, 0.25) is 0 Å². The second kappa shape index (κ2) is 3.99. The first-order valence-electron chi connectivity index (χ1n) is 4.82. The van der Waals surface area contributed by atoms with Crippen LogP contribution in [0, 0.1) is 0 Å². The maximum absolute atomic E-state index is 10.7. The molecule has 1 fully saturated rings. The second-order valence-electron chi connectivity index (χ2n) is 4.09. The zero-order valence-corrected chi connectivity index (χ0v) is 10.1. The van der Waals surface area contributed by atoms with Crippen molar-refractivity contribution in [2.75, 3.05) is 39.8 Å². The normalized spacial score (nSPS) is 24.8. The molecular weight excluding hydrogens is 257 g/mol. The van der Waals surface area contributed by atoms with Crippen LogP contribution in [0.5, 0.6) is 0 Å². The van der Waals surface area contributed by atoms with Crippen LogP contribution < -0.4 is 5.32 Å². The van der Waals surface area contributed by atoms with Gasteiger partial charge in [-0.25, -0.2) is 0 Å². The molecule has 102 valence electrons. The number of nitrogens with one attached hydrogen (secondary N) is 1. The molecule has 1 rings (SSSR count). The molecule has 9 heteroatoms. The van der Waals surface area contributed by atoms with E-state index in [1.54, 1.807) is 0 Å². The predicted octanol–water partition coefficient (Wildman–Crippen LogP) is 3.44. The Bertz CT molecular complexity index is 217. The van der Waals surface area contributed by atoms with E-state index in [4.69, 9.17) is 0 Å². The van der Waals surface area contributed by atoms with Crippen LogP contribution in [0.25, 0.3) is 0 Å². The van der Waals surface area contributed by atoms with E-state index in [2.05, 4.69) is 19.3 Å². The van der Waals surface area contributed by atoms with Gasteiger partial charge in [0.2, 0.25) is 0 Å². The van der Waals surface area contributed by atoms with Crippen molar-refractivity contribution < 1.29 is 29.7 Å². The van der Waals surface area contributed by atoms with Crippen molar-refractivity contribution in [1.82, 2.24) is 5.32 Å². The molecule has 0 bridgehead atoms. The maximum atomic E-state index is 9.87. The summed E-state index contributed by atoms with van der Waals surface area (Å²) in [6.07, 6.45) is 0. The van der Waals surface area contributed by atoms with Crippen LogP contribution in [-0.2, 0) is 0 Å². The van der Waals surface area contributed by atoms with Crippen LogP contribution in [0.1, 0.15) is 6.92 Å². The molecule has 16 heavy (non-hydrogen) atoms. The van der Waals surface area contributed by atoms with Gasteiger partial charge in [0.15, 0.2) is 0 Å². The van der Waals surface area contributed by atoms with Gasteiger partial charge in [0.1, 0.15) is 0 Å². The van der Waals surface area contributed by atoms with Crippen molar-refractivity contribution in [3.05, 3.63) is 0 Å². The number of nitrogens with zero attached hydrogens (tertiary/aromatic N) is 1. The number of hydrogen-bond acceptors (Lipinski definition) is 1. The van der Waals surface area contributed by atoms with Gasteiger partial charge in [0, 0.05) is 13.1 Å². The second-order valence-corrected chi connectivity index (χ2v) is 6.01. The number of piperazine rings is 1. The molecule has 0 aromatic heterocycles. The molecule has 2 nitrogen and oxygen atoms in total. The van der Waals surface area contributed by atoms with Crippen molar-refractivity contribution in [2.24, 2.45) is 0 Å². The molecule has 1 heterocycles. The number of likely N-dealkylation sites (N-methyl/N-ethyl adjacent to an activating group) is 1. The summed E-state index contributed by atoms with van der Waals surface area (Å²) in [7, 11) is -8.32. The van der Waals surface area contributed by atoms with Crippen molar-refractivity contribution in [3.8, 4) is 0 Å². The fraction of sp³-hybridized carbons (Fsp3) is 1.00.